The summed E-state index contributed by atoms with van der Waals surface area (Å²) in [5.74, 6) is 0.737. The van der Waals surface area contributed by atoms with Gasteiger partial charge in [0, 0.05) is 57.4 Å². The van der Waals surface area contributed by atoms with E-state index in [1.165, 1.54) is 24.8 Å². The molecule has 0 radical (unpaired) electrons. The highest BCUT2D eigenvalue weighted by molar-refractivity contribution is 6.31. The smallest absolute Gasteiger partial charge is 0.257 e. The number of nitrogens with one attached hydrogen (secondary N) is 1. The molecule has 0 amide bonds. The Balaban J connectivity index is 1.35. The van der Waals surface area contributed by atoms with Crippen molar-refractivity contribution in [1.82, 2.24) is 19.8 Å². The van der Waals surface area contributed by atoms with E-state index in [0.717, 1.165) is 68.0 Å². The van der Waals surface area contributed by atoms with E-state index >= 15 is 0 Å². The maximum Gasteiger partial charge on any atom is 0.257 e. The van der Waals surface area contributed by atoms with Gasteiger partial charge in [-0.1, -0.05) is 29.8 Å². The second-order valence-electron chi connectivity index (χ2n) is 8.14. The minimum Gasteiger partial charge on any atom is -0.342 e. The van der Waals surface area contributed by atoms with Crippen molar-refractivity contribution in [2.24, 2.45) is 0 Å². The van der Waals surface area contributed by atoms with Crippen LogP contribution >= 0.6 is 11.6 Å². The van der Waals surface area contributed by atoms with Crippen LogP contribution in [-0.4, -0.2) is 59.0 Å². The van der Waals surface area contributed by atoms with Gasteiger partial charge < -0.3 is 4.90 Å². The topological polar surface area (TPSA) is 55.5 Å². The SMILES string of the molecule is Cc1nc(N2CCCCC2)[nH]c(=O)c1CN1CCN(Cc2ccccc2Cl)CC1. The van der Waals surface area contributed by atoms with Crippen LogP contribution in [0.25, 0.3) is 0 Å². The van der Waals surface area contributed by atoms with E-state index in [1.54, 1.807) is 0 Å². The number of benzene rings is 1. The van der Waals surface area contributed by atoms with E-state index in [2.05, 4.69) is 25.8 Å². The fourth-order valence-electron chi connectivity index (χ4n) is 4.23. The van der Waals surface area contributed by atoms with E-state index in [-0.39, 0.29) is 5.56 Å². The number of aromatic amines is 1. The maximum atomic E-state index is 12.7. The van der Waals surface area contributed by atoms with Crippen LogP contribution in [-0.2, 0) is 13.1 Å². The number of piperazine rings is 1. The van der Waals surface area contributed by atoms with Crippen molar-refractivity contribution in [3.05, 3.63) is 56.5 Å². The fourth-order valence-corrected chi connectivity index (χ4v) is 4.43. The molecule has 29 heavy (non-hydrogen) atoms. The van der Waals surface area contributed by atoms with Crippen molar-refractivity contribution in [1.29, 1.82) is 0 Å². The predicted octanol–water partition coefficient (Wildman–Crippen LogP) is 3.04. The van der Waals surface area contributed by atoms with Crippen LogP contribution in [0.5, 0.6) is 0 Å². The molecular weight excluding hydrogens is 386 g/mol. The highest BCUT2D eigenvalue weighted by Gasteiger charge is 2.21. The fraction of sp³-hybridized carbons (Fsp3) is 0.545. The average Bonchev–Trinajstić information content (AvgIpc) is 2.74. The summed E-state index contributed by atoms with van der Waals surface area (Å²) in [6.07, 6.45) is 3.60. The number of halogens is 1. The minimum atomic E-state index is 0.0107. The first-order valence-corrected chi connectivity index (χ1v) is 11.0. The molecule has 1 N–H and O–H groups in total. The molecule has 7 heteroatoms. The van der Waals surface area contributed by atoms with E-state index in [0.29, 0.717) is 6.54 Å². The molecule has 2 aliphatic heterocycles. The summed E-state index contributed by atoms with van der Waals surface area (Å²) in [4.78, 5) is 27.5. The number of nitrogens with zero attached hydrogens (tertiary/aromatic N) is 4. The van der Waals surface area contributed by atoms with E-state index in [1.807, 2.05) is 25.1 Å². The molecule has 2 fully saturated rings. The lowest BCUT2D eigenvalue weighted by molar-refractivity contribution is 0.121. The Morgan fingerprint density at radius 3 is 2.28 bits per heavy atom. The molecule has 1 aromatic heterocycles. The summed E-state index contributed by atoms with van der Waals surface area (Å²) < 4.78 is 0. The Hall–Kier alpha value is -1.89. The monoisotopic (exact) mass is 415 g/mol. The molecule has 2 aliphatic rings. The van der Waals surface area contributed by atoms with Gasteiger partial charge in [0.2, 0.25) is 5.95 Å². The van der Waals surface area contributed by atoms with E-state index in [9.17, 15) is 4.79 Å². The number of piperidine rings is 1. The second kappa shape index (κ2) is 9.28. The third kappa shape index (κ3) is 5.00. The number of hydrogen-bond acceptors (Lipinski definition) is 5. The third-order valence-electron chi connectivity index (χ3n) is 6.06. The normalized spacial score (nSPS) is 18.9. The highest BCUT2D eigenvalue weighted by Crippen LogP contribution is 2.19. The van der Waals surface area contributed by atoms with Gasteiger partial charge in [-0.15, -0.1) is 0 Å². The number of rotatable bonds is 5. The Morgan fingerprint density at radius 1 is 0.966 bits per heavy atom. The Morgan fingerprint density at radius 2 is 1.62 bits per heavy atom. The van der Waals surface area contributed by atoms with Crippen LogP contribution in [0.1, 0.15) is 36.1 Å². The number of H-pyrrole nitrogens is 1. The number of anilines is 1. The molecular formula is C22H30ClN5O. The Labute approximate surface area is 177 Å². The standard InChI is InChI=1S/C22H30ClN5O/c1-17-19(21(29)25-22(24-17)28-9-5-2-6-10-28)16-27-13-11-26(12-14-27)15-18-7-3-4-8-20(18)23/h3-4,7-8H,2,5-6,9-16H2,1H3,(H,24,25,29). The van der Waals surface area contributed by atoms with Gasteiger partial charge in [0.05, 0.1) is 11.3 Å². The van der Waals surface area contributed by atoms with Gasteiger partial charge in [-0.3, -0.25) is 19.6 Å². The molecule has 2 saturated heterocycles. The van der Waals surface area contributed by atoms with Gasteiger partial charge in [-0.05, 0) is 37.8 Å². The number of aryl methyl sites for hydroxylation is 1. The molecule has 0 atom stereocenters. The molecule has 156 valence electrons. The highest BCUT2D eigenvalue weighted by atomic mass is 35.5. The van der Waals surface area contributed by atoms with Crippen LogP contribution in [0.15, 0.2) is 29.1 Å². The molecule has 0 saturated carbocycles. The summed E-state index contributed by atoms with van der Waals surface area (Å²) in [5.41, 5.74) is 2.84. The molecule has 0 spiro atoms. The zero-order chi connectivity index (χ0) is 20.2. The molecule has 0 bridgehead atoms. The zero-order valence-corrected chi connectivity index (χ0v) is 17.9. The van der Waals surface area contributed by atoms with Crippen LogP contribution in [0, 0.1) is 6.92 Å². The summed E-state index contributed by atoms with van der Waals surface area (Å²) in [6, 6.07) is 8.04. The molecule has 3 heterocycles. The molecule has 6 nitrogen and oxygen atoms in total. The molecule has 0 aliphatic carbocycles. The van der Waals surface area contributed by atoms with Crippen molar-refractivity contribution in [2.75, 3.05) is 44.2 Å². The third-order valence-corrected chi connectivity index (χ3v) is 6.43. The van der Waals surface area contributed by atoms with Crippen LogP contribution in [0.4, 0.5) is 5.95 Å². The minimum absolute atomic E-state index is 0.0107. The summed E-state index contributed by atoms with van der Waals surface area (Å²) in [6.45, 7) is 9.29. The summed E-state index contributed by atoms with van der Waals surface area (Å²) >= 11 is 6.30. The molecule has 4 rings (SSSR count). The lowest BCUT2D eigenvalue weighted by Crippen LogP contribution is -2.46. The van der Waals surface area contributed by atoms with Crippen molar-refractivity contribution < 1.29 is 0 Å². The van der Waals surface area contributed by atoms with Gasteiger partial charge in [0.25, 0.3) is 5.56 Å². The summed E-state index contributed by atoms with van der Waals surface area (Å²) in [7, 11) is 0. The van der Waals surface area contributed by atoms with Gasteiger partial charge in [0.15, 0.2) is 0 Å². The maximum absolute atomic E-state index is 12.7. The van der Waals surface area contributed by atoms with Crippen molar-refractivity contribution in [2.45, 2.75) is 39.3 Å². The Bertz CT molecular complexity index is 885. The molecule has 0 unspecified atom stereocenters. The largest absolute Gasteiger partial charge is 0.342 e. The Kier molecular flexibility index (Phi) is 6.53. The first-order valence-electron chi connectivity index (χ1n) is 10.6. The molecule has 2 aromatic rings. The van der Waals surface area contributed by atoms with Gasteiger partial charge >= 0.3 is 0 Å². The van der Waals surface area contributed by atoms with Crippen molar-refractivity contribution in [3.63, 3.8) is 0 Å². The van der Waals surface area contributed by atoms with Crippen LogP contribution in [0.3, 0.4) is 0 Å². The second-order valence-corrected chi connectivity index (χ2v) is 8.55. The van der Waals surface area contributed by atoms with Crippen molar-refractivity contribution in [3.8, 4) is 0 Å². The number of hydrogen-bond donors (Lipinski definition) is 1. The van der Waals surface area contributed by atoms with E-state index < -0.39 is 0 Å². The van der Waals surface area contributed by atoms with Gasteiger partial charge in [-0.25, -0.2) is 4.98 Å². The first kappa shape index (κ1) is 20.4. The summed E-state index contributed by atoms with van der Waals surface area (Å²) in [5, 5.41) is 0.831. The van der Waals surface area contributed by atoms with Gasteiger partial charge in [-0.2, -0.15) is 0 Å². The zero-order valence-electron chi connectivity index (χ0n) is 17.2. The predicted molar refractivity (Wildman–Crippen MR) is 118 cm³/mol. The average molecular weight is 416 g/mol. The van der Waals surface area contributed by atoms with Gasteiger partial charge in [0.1, 0.15) is 0 Å². The van der Waals surface area contributed by atoms with Crippen molar-refractivity contribution >= 4 is 17.5 Å². The van der Waals surface area contributed by atoms with Crippen LogP contribution in [0.2, 0.25) is 5.02 Å². The molecule has 1 aromatic carbocycles. The van der Waals surface area contributed by atoms with E-state index in [4.69, 9.17) is 16.6 Å². The quantitative estimate of drug-likeness (QED) is 0.813. The number of aromatic nitrogens is 2. The van der Waals surface area contributed by atoms with Crippen LogP contribution < -0.4 is 10.5 Å². The lowest BCUT2D eigenvalue weighted by Gasteiger charge is -2.35. The lowest BCUT2D eigenvalue weighted by atomic mass is 10.1. The first-order chi connectivity index (χ1) is 14.1.